The van der Waals surface area contributed by atoms with Crippen LogP contribution in [0.25, 0.3) is 22.5 Å². The molecule has 3 aromatic heterocycles. The number of hydrogen-bond acceptors (Lipinski definition) is 4. The first-order chi connectivity index (χ1) is 14.4. The molecule has 1 atom stereocenters. The van der Waals surface area contributed by atoms with Crippen molar-refractivity contribution in [3.63, 3.8) is 0 Å². The Balaban J connectivity index is 1.68. The normalized spacial score (nSPS) is 15.0. The topological polar surface area (TPSA) is 75.3 Å². The van der Waals surface area contributed by atoms with Crippen LogP contribution in [-0.4, -0.2) is 24.8 Å². The third kappa shape index (κ3) is 2.97. The Bertz CT molecular complexity index is 1270. The van der Waals surface area contributed by atoms with Gasteiger partial charge in [0.2, 0.25) is 0 Å². The molecule has 0 bridgehead atoms. The maximum absolute atomic E-state index is 6.55. The zero-order valence-corrected chi connectivity index (χ0v) is 18.1. The maximum Gasteiger partial charge on any atom is 0.319 e. The van der Waals surface area contributed by atoms with Gasteiger partial charge in [0.15, 0.2) is 0 Å². The number of aryl methyl sites for hydroxylation is 3. The van der Waals surface area contributed by atoms with E-state index in [1.165, 1.54) is 0 Å². The molecule has 30 heavy (non-hydrogen) atoms. The fraction of sp³-hybridized carbons (Fsp3) is 0.273. The van der Waals surface area contributed by atoms with Crippen molar-refractivity contribution in [2.75, 3.05) is 5.32 Å². The Morgan fingerprint density at radius 3 is 2.83 bits per heavy atom. The molecule has 8 heteroatoms. The summed E-state index contributed by atoms with van der Waals surface area (Å²) in [6.45, 7) is 4.20. The number of hydrogen-bond donors (Lipinski definition) is 2. The van der Waals surface area contributed by atoms with E-state index in [1.54, 1.807) is 0 Å². The van der Waals surface area contributed by atoms with Crippen LogP contribution in [0.2, 0.25) is 5.02 Å². The van der Waals surface area contributed by atoms with Crippen LogP contribution in [0.4, 0.5) is 11.8 Å². The van der Waals surface area contributed by atoms with Gasteiger partial charge < -0.3 is 0 Å². The lowest BCUT2D eigenvalue weighted by Crippen LogP contribution is -2.32. The molecule has 1 aliphatic carbocycles. The Morgan fingerprint density at radius 1 is 1.30 bits per heavy atom. The van der Waals surface area contributed by atoms with Gasteiger partial charge in [0.05, 0.1) is 34.4 Å². The fourth-order valence-corrected chi connectivity index (χ4v) is 4.46. The number of fused-ring (bicyclic) bond motifs is 3. The average Bonchev–Trinajstić information content (AvgIpc) is 3.20. The smallest absolute Gasteiger partial charge is 0.267 e. The highest BCUT2D eigenvalue weighted by molar-refractivity contribution is 6.33. The number of anilines is 2. The Hall–Kier alpha value is -3.19. The third-order valence-corrected chi connectivity index (χ3v) is 5.96. The molecule has 0 fully saturated rings. The van der Waals surface area contributed by atoms with Gasteiger partial charge in [-0.3, -0.25) is 4.68 Å². The van der Waals surface area contributed by atoms with E-state index in [9.17, 15) is 0 Å². The zero-order valence-electron chi connectivity index (χ0n) is 17.4. The molecule has 5 rings (SSSR count). The lowest BCUT2D eigenvalue weighted by atomic mass is 9.85. The van der Waals surface area contributed by atoms with Crippen molar-refractivity contribution < 1.29 is 4.68 Å². The Labute approximate surface area is 179 Å². The number of nitrogens with one attached hydrogen (secondary N) is 2. The van der Waals surface area contributed by atoms with Crippen LogP contribution in [0.1, 0.15) is 29.8 Å². The largest absolute Gasteiger partial charge is 0.319 e. The molecule has 0 amide bonds. The standard InChI is InChI=1S/C22H22ClN7/c1-12-9-17-19(21(30(4)28-17)14-7-5-6-8-16(14)23)20-15(12)11-24-22(26-20)25-18-10-13(2)27-29(18)3/h5-8,10-12H,9H2,1-4H3,(H,24,25,26,27)/p+1. The summed E-state index contributed by atoms with van der Waals surface area (Å²) < 4.78 is 3.82. The zero-order chi connectivity index (χ0) is 21.0. The number of benzene rings is 1. The van der Waals surface area contributed by atoms with Crippen molar-refractivity contribution in [3.05, 3.63) is 58.5 Å². The van der Waals surface area contributed by atoms with Crippen molar-refractivity contribution in [1.29, 1.82) is 0 Å². The first kappa shape index (κ1) is 18.8. The molecule has 0 spiro atoms. The van der Waals surface area contributed by atoms with Crippen LogP contribution in [-0.2, 0) is 20.5 Å². The predicted molar refractivity (Wildman–Crippen MR) is 117 cm³/mol. The minimum atomic E-state index is 0.293. The molecule has 0 saturated carbocycles. The van der Waals surface area contributed by atoms with Crippen LogP contribution in [0.3, 0.4) is 0 Å². The van der Waals surface area contributed by atoms with Gasteiger partial charge in [-0.1, -0.05) is 36.7 Å². The number of halogens is 1. The molecular weight excluding hydrogens is 398 g/mol. The summed E-state index contributed by atoms with van der Waals surface area (Å²) in [5.74, 6) is 1.74. The van der Waals surface area contributed by atoms with Crippen LogP contribution in [0.5, 0.6) is 0 Å². The van der Waals surface area contributed by atoms with Gasteiger partial charge in [-0.2, -0.15) is 19.7 Å². The van der Waals surface area contributed by atoms with E-state index in [-0.39, 0.29) is 0 Å². The lowest BCUT2D eigenvalue weighted by Gasteiger charge is -2.21. The molecular formula is C22H23ClN7+. The van der Waals surface area contributed by atoms with E-state index in [1.807, 2.05) is 66.9 Å². The molecule has 0 radical (unpaired) electrons. The van der Waals surface area contributed by atoms with Gasteiger partial charge in [0.1, 0.15) is 7.05 Å². The highest BCUT2D eigenvalue weighted by Gasteiger charge is 2.31. The van der Waals surface area contributed by atoms with Crippen molar-refractivity contribution in [1.82, 2.24) is 24.8 Å². The molecule has 1 unspecified atom stereocenters. The summed E-state index contributed by atoms with van der Waals surface area (Å²) in [4.78, 5) is 9.52. The number of H-pyrrole nitrogens is 1. The first-order valence-electron chi connectivity index (χ1n) is 9.93. The van der Waals surface area contributed by atoms with Gasteiger partial charge in [0, 0.05) is 29.4 Å². The van der Waals surface area contributed by atoms with Crippen molar-refractivity contribution in [3.8, 4) is 22.5 Å². The highest BCUT2D eigenvalue weighted by atomic mass is 35.5. The van der Waals surface area contributed by atoms with Crippen LogP contribution in [0, 0.1) is 6.92 Å². The third-order valence-electron chi connectivity index (χ3n) is 5.63. The molecule has 3 heterocycles. The van der Waals surface area contributed by atoms with Gasteiger partial charge in [-0.25, -0.2) is 10.4 Å². The number of aromatic amines is 1. The van der Waals surface area contributed by atoms with Gasteiger partial charge >= 0.3 is 11.8 Å². The number of rotatable bonds is 3. The van der Waals surface area contributed by atoms with Crippen LogP contribution >= 0.6 is 11.6 Å². The van der Waals surface area contributed by atoms with Gasteiger partial charge in [-0.05, 0) is 25.3 Å². The average molecular weight is 421 g/mol. The highest BCUT2D eigenvalue weighted by Crippen LogP contribution is 2.44. The first-order valence-corrected chi connectivity index (χ1v) is 10.3. The minimum Gasteiger partial charge on any atom is -0.267 e. The van der Waals surface area contributed by atoms with Crippen molar-refractivity contribution in [2.24, 2.45) is 14.1 Å². The van der Waals surface area contributed by atoms with E-state index in [0.717, 1.165) is 51.7 Å². The maximum atomic E-state index is 6.55. The molecule has 1 aromatic carbocycles. The van der Waals surface area contributed by atoms with E-state index >= 15 is 0 Å². The van der Waals surface area contributed by atoms with Gasteiger partial charge in [-0.15, -0.1) is 0 Å². The molecule has 0 aliphatic heterocycles. The quantitative estimate of drug-likeness (QED) is 0.490. The molecule has 4 aromatic rings. The van der Waals surface area contributed by atoms with Crippen molar-refractivity contribution in [2.45, 2.75) is 26.2 Å². The molecule has 152 valence electrons. The summed E-state index contributed by atoms with van der Waals surface area (Å²) in [5.41, 5.74) is 7.12. The summed E-state index contributed by atoms with van der Waals surface area (Å²) in [6.07, 6.45) is 2.78. The number of nitrogens with zero attached hydrogens (tertiary/aromatic N) is 5. The lowest BCUT2D eigenvalue weighted by molar-refractivity contribution is -0.713. The second-order valence-electron chi connectivity index (χ2n) is 7.88. The Morgan fingerprint density at radius 2 is 2.10 bits per heavy atom. The minimum absolute atomic E-state index is 0.293. The monoisotopic (exact) mass is 420 g/mol. The van der Waals surface area contributed by atoms with E-state index in [0.29, 0.717) is 16.9 Å². The van der Waals surface area contributed by atoms with E-state index in [4.69, 9.17) is 21.7 Å². The number of aromatic nitrogens is 6. The Kier molecular flexibility index (Phi) is 4.36. The fourth-order valence-electron chi connectivity index (χ4n) is 4.24. The SMILES string of the molecule is Cc1cc(Nc2ncc3c(n2)-c2c(nn(C)c2-c2ccccc2Cl)CC3C)[n+](C)[nH]1. The predicted octanol–water partition coefficient (Wildman–Crippen LogP) is 4.06. The summed E-state index contributed by atoms with van der Waals surface area (Å²) in [5, 5.41) is 12.1. The van der Waals surface area contributed by atoms with Crippen LogP contribution in [0.15, 0.2) is 36.5 Å². The molecule has 0 saturated heterocycles. The molecule has 7 nitrogen and oxygen atoms in total. The second kappa shape index (κ2) is 6.95. The second-order valence-corrected chi connectivity index (χ2v) is 8.29. The van der Waals surface area contributed by atoms with Gasteiger partial charge in [0.25, 0.3) is 0 Å². The van der Waals surface area contributed by atoms with Crippen LogP contribution < -0.4 is 10.00 Å². The molecule has 1 aliphatic rings. The summed E-state index contributed by atoms with van der Waals surface area (Å²) >= 11 is 6.55. The summed E-state index contributed by atoms with van der Waals surface area (Å²) in [6, 6.07) is 9.89. The summed E-state index contributed by atoms with van der Waals surface area (Å²) in [7, 11) is 3.91. The van der Waals surface area contributed by atoms with E-state index in [2.05, 4.69) is 22.3 Å². The van der Waals surface area contributed by atoms with E-state index < -0.39 is 0 Å². The van der Waals surface area contributed by atoms with Crippen molar-refractivity contribution >= 4 is 23.4 Å². The molecule has 2 N–H and O–H groups in total.